The second-order valence-corrected chi connectivity index (χ2v) is 8.03. The van der Waals surface area contributed by atoms with Gasteiger partial charge in [-0.1, -0.05) is 54.6 Å². The van der Waals surface area contributed by atoms with Crippen LogP contribution in [0.3, 0.4) is 0 Å². The van der Waals surface area contributed by atoms with Crippen molar-refractivity contribution in [3.8, 4) is 0 Å². The maximum atomic E-state index is 5.80. The van der Waals surface area contributed by atoms with Crippen molar-refractivity contribution in [1.29, 1.82) is 0 Å². The number of ether oxygens (including phenoxy) is 1. The standard InChI is InChI=1S/C23H28N4OS/c1-3-24-23(27-15-22-25-13-18(2)29-22)26-14-19-9-11-21(12-10-19)17-28-16-20-7-5-4-6-8-20/h4-13H,3,14-17H2,1-2H3,(H2,24,26,27). The number of aliphatic imine (C=N–C) groups is 1. The smallest absolute Gasteiger partial charge is 0.191 e. The number of guanidine groups is 1. The van der Waals surface area contributed by atoms with Gasteiger partial charge in [0, 0.05) is 17.6 Å². The fourth-order valence-corrected chi connectivity index (χ4v) is 3.48. The Morgan fingerprint density at radius 2 is 1.66 bits per heavy atom. The Morgan fingerprint density at radius 1 is 0.966 bits per heavy atom. The number of hydrogen-bond donors (Lipinski definition) is 2. The molecule has 5 nitrogen and oxygen atoms in total. The Bertz CT molecular complexity index is 891. The van der Waals surface area contributed by atoms with Crippen LogP contribution in [0.5, 0.6) is 0 Å². The third kappa shape index (κ3) is 7.33. The summed E-state index contributed by atoms with van der Waals surface area (Å²) in [5.41, 5.74) is 3.52. The van der Waals surface area contributed by atoms with Crippen molar-refractivity contribution in [1.82, 2.24) is 15.6 Å². The van der Waals surface area contributed by atoms with Gasteiger partial charge in [0.05, 0.1) is 26.3 Å². The molecule has 0 bridgehead atoms. The molecule has 0 saturated carbocycles. The Hall–Kier alpha value is -2.70. The first-order valence-corrected chi connectivity index (χ1v) is 10.7. The van der Waals surface area contributed by atoms with E-state index in [-0.39, 0.29) is 0 Å². The Kier molecular flexibility index (Phi) is 8.22. The van der Waals surface area contributed by atoms with Crippen LogP contribution in [-0.4, -0.2) is 17.5 Å². The Balaban J connectivity index is 1.47. The molecule has 0 spiro atoms. The van der Waals surface area contributed by atoms with Crippen molar-refractivity contribution in [3.63, 3.8) is 0 Å². The number of rotatable bonds is 9. The number of nitrogens with one attached hydrogen (secondary N) is 2. The van der Waals surface area contributed by atoms with Crippen molar-refractivity contribution in [2.75, 3.05) is 6.54 Å². The summed E-state index contributed by atoms with van der Waals surface area (Å²) >= 11 is 1.70. The minimum Gasteiger partial charge on any atom is -0.372 e. The molecule has 2 N–H and O–H groups in total. The van der Waals surface area contributed by atoms with Crippen LogP contribution in [0.2, 0.25) is 0 Å². The minimum absolute atomic E-state index is 0.607. The summed E-state index contributed by atoms with van der Waals surface area (Å²) in [5.74, 6) is 0.802. The molecular weight excluding hydrogens is 380 g/mol. The SMILES string of the molecule is CCNC(=NCc1ccc(COCc2ccccc2)cc1)NCc1ncc(C)s1. The van der Waals surface area contributed by atoms with Gasteiger partial charge in [-0.15, -0.1) is 11.3 Å². The van der Waals surface area contributed by atoms with E-state index in [1.807, 2.05) is 24.4 Å². The molecule has 29 heavy (non-hydrogen) atoms. The van der Waals surface area contributed by atoms with Gasteiger partial charge in [-0.2, -0.15) is 0 Å². The van der Waals surface area contributed by atoms with E-state index in [1.165, 1.54) is 16.0 Å². The van der Waals surface area contributed by atoms with Gasteiger partial charge < -0.3 is 15.4 Å². The van der Waals surface area contributed by atoms with Crippen molar-refractivity contribution in [2.24, 2.45) is 4.99 Å². The highest BCUT2D eigenvalue weighted by Crippen LogP contribution is 2.11. The second-order valence-electron chi connectivity index (χ2n) is 6.71. The van der Waals surface area contributed by atoms with E-state index in [9.17, 15) is 0 Å². The van der Waals surface area contributed by atoms with Crippen LogP contribution in [0.4, 0.5) is 0 Å². The average molecular weight is 409 g/mol. The molecule has 0 aliphatic heterocycles. The molecule has 0 amide bonds. The van der Waals surface area contributed by atoms with Gasteiger partial charge >= 0.3 is 0 Å². The molecule has 3 rings (SSSR count). The van der Waals surface area contributed by atoms with E-state index >= 15 is 0 Å². The fraction of sp³-hybridized carbons (Fsp3) is 0.304. The molecule has 0 saturated heterocycles. The zero-order chi connectivity index (χ0) is 20.3. The summed E-state index contributed by atoms with van der Waals surface area (Å²) in [7, 11) is 0. The lowest BCUT2D eigenvalue weighted by molar-refractivity contribution is 0.107. The van der Waals surface area contributed by atoms with E-state index < -0.39 is 0 Å². The molecular formula is C23H28N4OS. The molecule has 0 aliphatic carbocycles. The van der Waals surface area contributed by atoms with Gasteiger partial charge in [0.1, 0.15) is 5.01 Å². The Labute approximate surface area is 176 Å². The van der Waals surface area contributed by atoms with Crippen molar-refractivity contribution < 1.29 is 4.74 Å². The van der Waals surface area contributed by atoms with Gasteiger partial charge in [-0.05, 0) is 30.5 Å². The number of hydrogen-bond acceptors (Lipinski definition) is 4. The van der Waals surface area contributed by atoms with Crippen molar-refractivity contribution >= 4 is 17.3 Å². The molecule has 152 valence electrons. The van der Waals surface area contributed by atoms with Crippen LogP contribution >= 0.6 is 11.3 Å². The first-order chi connectivity index (χ1) is 14.2. The molecule has 1 heterocycles. The maximum absolute atomic E-state index is 5.80. The minimum atomic E-state index is 0.607. The highest BCUT2D eigenvalue weighted by molar-refractivity contribution is 7.11. The summed E-state index contributed by atoms with van der Waals surface area (Å²) in [5, 5.41) is 7.69. The summed E-state index contributed by atoms with van der Waals surface area (Å²) in [6, 6.07) is 18.7. The highest BCUT2D eigenvalue weighted by Gasteiger charge is 2.02. The second kappa shape index (κ2) is 11.3. The summed E-state index contributed by atoms with van der Waals surface area (Å²) in [6.07, 6.45) is 1.90. The normalized spacial score (nSPS) is 11.4. The first kappa shape index (κ1) is 21.0. The quantitative estimate of drug-likeness (QED) is 0.406. The monoisotopic (exact) mass is 408 g/mol. The molecule has 0 radical (unpaired) electrons. The number of thiazole rings is 1. The van der Waals surface area contributed by atoms with E-state index in [2.05, 4.69) is 70.9 Å². The van der Waals surface area contributed by atoms with Gasteiger partial charge in [0.25, 0.3) is 0 Å². The lowest BCUT2D eigenvalue weighted by Crippen LogP contribution is -2.36. The number of benzene rings is 2. The van der Waals surface area contributed by atoms with Gasteiger partial charge in [0.15, 0.2) is 5.96 Å². The molecule has 0 aliphatic rings. The van der Waals surface area contributed by atoms with Crippen LogP contribution in [0.15, 0.2) is 65.8 Å². The third-order valence-electron chi connectivity index (χ3n) is 4.24. The van der Waals surface area contributed by atoms with E-state index in [4.69, 9.17) is 4.74 Å². The zero-order valence-electron chi connectivity index (χ0n) is 17.0. The summed E-state index contributed by atoms with van der Waals surface area (Å²) in [6.45, 7) is 7.49. The molecule has 1 aromatic heterocycles. The molecule has 3 aromatic rings. The van der Waals surface area contributed by atoms with E-state index in [0.717, 1.165) is 23.1 Å². The van der Waals surface area contributed by atoms with Gasteiger partial charge in [0.2, 0.25) is 0 Å². The van der Waals surface area contributed by atoms with Crippen LogP contribution in [-0.2, 0) is 31.0 Å². The van der Waals surface area contributed by atoms with E-state index in [0.29, 0.717) is 26.3 Å². The van der Waals surface area contributed by atoms with Crippen molar-refractivity contribution in [3.05, 3.63) is 87.4 Å². The van der Waals surface area contributed by atoms with Crippen LogP contribution in [0.25, 0.3) is 0 Å². The lowest BCUT2D eigenvalue weighted by atomic mass is 10.1. The highest BCUT2D eigenvalue weighted by atomic mass is 32.1. The molecule has 0 unspecified atom stereocenters. The predicted molar refractivity (Wildman–Crippen MR) is 120 cm³/mol. The largest absolute Gasteiger partial charge is 0.372 e. The van der Waals surface area contributed by atoms with Crippen LogP contribution in [0.1, 0.15) is 33.5 Å². The molecule has 6 heteroatoms. The van der Waals surface area contributed by atoms with Gasteiger partial charge in [-0.25, -0.2) is 9.98 Å². The van der Waals surface area contributed by atoms with Crippen LogP contribution < -0.4 is 10.6 Å². The zero-order valence-corrected chi connectivity index (χ0v) is 17.8. The Morgan fingerprint density at radius 3 is 2.31 bits per heavy atom. The predicted octanol–water partition coefficient (Wildman–Crippen LogP) is 4.42. The van der Waals surface area contributed by atoms with Crippen molar-refractivity contribution in [2.45, 2.75) is 40.2 Å². The van der Waals surface area contributed by atoms with Gasteiger partial charge in [-0.3, -0.25) is 0 Å². The van der Waals surface area contributed by atoms with Crippen LogP contribution in [0, 0.1) is 6.92 Å². The number of aryl methyl sites for hydroxylation is 1. The third-order valence-corrected chi connectivity index (χ3v) is 5.16. The average Bonchev–Trinajstić information content (AvgIpc) is 3.17. The molecule has 2 aromatic carbocycles. The fourth-order valence-electron chi connectivity index (χ4n) is 2.76. The topological polar surface area (TPSA) is 58.5 Å². The summed E-state index contributed by atoms with van der Waals surface area (Å²) < 4.78 is 5.80. The summed E-state index contributed by atoms with van der Waals surface area (Å²) in [4.78, 5) is 10.3. The number of aromatic nitrogens is 1. The molecule has 0 atom stereocenters. The van der Waals surface area contributed by atoms with E-state index in [1.54, 1.807) is 11.3 Å². The molecule has 0 fully saturated rings. The maximum Gasteiger partial charge on any atom is 0.191 e. The number of nitrogens with zero attached hydrogens (tertiary/aromatic N) is 2. The first-order valence-electron chi connectivity index (χ1n) is 9.86. The lowest BCUT2D eigenvalue weighted by Gasteiger charge is -2.10.